The number of carbonyl (C=O) groups is 1. The van der Waals surface area contributed by atoms with Gasteiger partial charge in [0.25, 0.3) is 0 Å². The molecule has 0 atom stereocenters. The quantitative estimate of drug-likeness (QED) is 0.787. The summed E-state index contributed by atoms with van der Waals surface area (Å²) in [5.41, 5.74) is 0.662. The average Bonchev–Trinajstić information content (AvgIpc) is 2.27. The summed E-state index contributed by atoms with van der Waals surface area (Å²) >= 11 is 0. The van der Waals surface area contributed by atoms with E-state index in [1.807, 2.05) is 12.1 Å². The summed E-state index contributed by atoms with van der Waals surface area (Å²) in [6.07, 6.45) is 0.165. The third-order valence-electron chi connectivity index (χ3n) is 2.58. The third-order valence-corrected chi connectivity index (χ3v) is 2.58. The summed E-state index contributed by atoms with van der Waals surface area (Å²) in [6.45, 7) is 1.72. The van der Waals surface area contributed by atoms with Crippen molar-refractivity contribution in [1.29, 1.82) is 0 Å². The Labute approximate surface area is 100 Å². The van der Waals surface area contributed by atoms with E-state index in [2.05, 4.69) is 10.6 Å². The number of hydrogen-bond donors (Lipinski definition) is 2. The van der Waals surface area contributed by atoms with Crippen LogP contribution in [0.1, 0.15) is 0 Å². The topological polar surface area (TPSA) is 59.6 Å². The zero-order valence-electron chi connectivity index (χ0n) is 9.73. The molecule has 0 aromatic heterocycles. The van der Waals surface area contributed by atoms with Gasteiger partial charge in [0.1, 0.15) is 12.4 Å². The summed E-state index contributed by atoms with van der Waals surface area (Å²) in [6, 6.07) is 7.29. The van der Waals surface area contributed by atoms with Crippen LogP contribution in [-0.2, 0) is 9.53 Å². The van der Waals surface area contributed by atoms with Crippen LogP contribution in [0.15, 0.2) is 24.3 Å². The third kappa shape index (κ3) is 3.18. The lowest BCUT2D eigenvalue weighted by Crippen LogP contribution is -2.49. The largest absolute Gasteiger partial charge is 0.495 e. The maximum Gasteiger partial charge on any atom is 0.250 e. The molecule has 1 heterocycles. The van der Waals surface area contributed by atoms with E-state index in [-0.39, 0.29) is 18.6 Å². The molecule has 0 spiro atoms. The van der Waals surface area contributed by atoms with Crippen molar-refractivity contribution in [3.8, 4) is 5.75 Å². The first kappa shape index (κ1) is 11.9. The molecule has 1 amide bonds. The van der Waals surface area contributed by atoms with Gasteiger partial charge in [-0.05, 0) is 12.1 Å². The monoisotopic (exact) mass is 236 g/mol. The number of ether oxygens (including phenoxy) is 2. The van der Waals surface area contributed by atoms with Gasteiger partial charge >= 0.3 is 0 Å². The molecule has 1 fully saturated rings. The van der Waals surface area contributed by atoms with Crippen molar-refractivity contribution in [2.24, 2.45) is 0 Å². The summed E-state index contributed by atoms with van der Waals surface area (Å²) < 4.78 is 10.5. The molecule has 2 rings (SSSR count). The molecule has 0 saturated carbocycles. The number of hydrogen-bond acceptors (Lipinski definition) is 4. The lowest BCUT2D eigenvalue weighted by molar-refractivity contribution is -0.123. The Bertz CT molecular complexity index is 391. The van der Waals surface area contributed by atoms with Crippen LogP contribution in [0.2, 0.25) is 0 Å². The standard InChI is InChI=1S/C12H16N2O3/c1-16-11-5-3-2-4-10(11)14-12(15)8-17-9-6-13-7-9/h2-5,9,13H,6-8H2,1H3,(H,14,15). The second kappa shape index (κ2) is 5.65. The van der Waals surface area contributed by atoms with E-state index in [0.717, 1.165) is 13.1 Å². The van der Waals surface area contributed by atoms with E-state index in [4.69, 9.17) is 9.47 Å². The summed E-state index contributed by atoms with van der Waals surface area (Å²) in [7, 11) is 1.57. The minimum absolute atomic E-state index is 0.0738. The van der Waals surface area contributed by atoms with Gasteiger partial charge in [-0.3, -0.25) is 4.79 Å². The van der Waals surface area contributed by atoms with Crippen LogP contribution in [0.4, 0.5) is 5.69 Å². The number of carbonyl (C=O) groups excluding carboxylic acids is 1. The molecule has 0 bridgehead atoms. The first-order chi connectivity index (χ1) is 8.29. The first-order valence-corrected chi connectivity index (χ1v) is 5.55. The van der Waals surface area contributed by atoms with E-state index in [1.54, 1.807) is 19.2 Å². The van der Waals surface area contributed by atoms with Crippen LogP contribution >= 0.6 is 0 Å². The molecule has 1 aromatic carbocycles. The van der Waals surface area contributed by atoms with Gasteiger partial charge in [0, 0.05) is 13.1 Å². The predicted octanol–water partition coefficient (Wildman–Crippen LogP) is 0.622. The van der Waals surface area contributed by atoms with Crippen molar-refractivity contribution in [3.05, 3.63) is 24.3 Å². The van der Waals surface area contributed by atoms with Gasteiger partial charge in [0.05, 0.1) is 18.9 Å². The fraction of sp³-hybridized carbons (Fsp3) is 0.417. The molecule has 2 N–H and O–H groups in total. The Morgan fingerprint density at radius 2 is 2.24 bits per heavy atom. The van der Waals surface area contributed by atoms with Crippen molar-refractivity contribution in [2.45, 2.75) is 6.10 Å². The van der Waals surface area contributed by atoms with Crippen molar-refractivity contribution in [1.82, 2.24) is 5.32 Å². The van der Waals surface area contributed by atoms with E-state index < -0.39 is 0 Å². The molecular formula is C12H16N2O3. The van der Waals surface area contributed by atoms with Gasteiger partial charge in [-0.1, -0.05) is 12.1 Å². The minimum atomic E-state index is -0.165. The molecule has 0 unspecified atom stereocenters. The van der Waals surface area contributed by atoms with Crippen LogP contribution in [0.3, 0.4) is 0 Å². The zero-order chi connectivity index (χ0) is 12.1. The Hall–Kier alpha value is -1.59. The Morgan fingerprint density at radius 3 is 2.88 bits per heavy atom. The van der Waals surface area contributed by atoms with Crippen LogP contribution in [0, 0.1) is 0 Å². The highest BCUT2D eigenvalue weighted by molar-refractivity contribution is 5.93. The number of benzene rings is 1. The number of anilines is 1. The summed E-state index contributed by atoms with van der Waals surface area (Å²) in [4.78, 5) is 11.6. The number of amides is 1. The number of methoxy groups -OCH3 is 1. The van der Waals surface area contributed by atoms with E-state index >= 15 is 0 Å². The Balaban J connectivity index is 1.84. The van der Waals surface area contributed by atoms with Crippen LogP contribution < -0.4 is 15.4 Å². The number of nitrogens with one attached hydrogen (secondary N) is 2. The van der Waals surface area contributed by atoms with Crippen LogP contribution in [0.25, 0.3) is 0 Å². The molecular weight excluding hydrogens is 220 g/mol. The minimum Gasteiger partial charge on any atom is -0.495 e. The second-order valence-electron chi connectivity index (χ2n) is 3.84. The maximum atomic E-state index is 11.6. The first-order valence-electron chi connectivity index (χ1n) is 5.55. The van der Waals surface area contributed by atoms with Gasteiger partial charge in [-0.15, -0.1) is 0 Å². The highest BCUT2D eigenvalue weighted by Gasteiger charge is 2.18. The fourth-order valence-corrected chi connectivity index (χ4v) is 1.51. The van der Waals surface area contributed by atoms with Crippen LogP contribution in [0.5, 0.6) is 5.75 Å². The second-order valence-corrected chi connectivity index (χ2v) is 3.84. The molecule has 1 saturated heterocycles. The predicted molar refractivity (Wildman–Crippen MR) is 64.2 cm³/mol. The van der Waals surface area contributed by atoms with Crippen molar-refractivity contribution in [2.75, 3.05) is 32.1 Å². The molecule has 17 heavy (non-hydrogen) atoms. The SMILES string of the molecule is COc1ccccc1NC(=O)COC1CNC1. The van der Waals surface area contributed by atoms with Gasteiger partial charge in [-0.25, -0.2) is 0 Å². The van der Waals surface area contributed by atoms with E-state index in [0.29, 0.717) is 11.4 Å². The van der Waals surface area contributed by atoms with Crippen molar-refractivity contribution >= 4 is 11.6 Å². The average molecular weight is 236 g/mol. The highest BCUT2D eigenvalue weighted by atomic mass is 16.5. The molecule has 92 valence electrons. The molecule has 5 nitrogen and oxygen atoms in total. The highest BCUT2D eigenvalue weighted by Crippen LogP contribution is 2.22. The fourth-order valence-electron chi connectivity index (χ4n) is 1.51. The molecule has 5 heteroatoms. The molecule has 1 aliphatic rings. The molecule has 1 aromatic rings. The van der Waals surface area contributed by atoms with Crippen LogP contribution in [-0.4, -0.2) is 38.8 Å². The van der Waals surface area contributed by atoms with Gasteiger partial charge < -0.3 is 20.1 Å². The smallest absolute Gasteiger partial charge is 0.250 e. The normalized spacial score (nSPS) is 15.1. The molecule has 0 radical (unpaired) electrons. The summed E-state index contributed by atoms with van der Waals surface area (Å²) in [5.74, 6) is 0.479. The molecule has 0 aliphatic carbocycles. The van der Waals surface area contributed by atoms with E-state index in [9.17, 15) is 4.79 Å². The van der Waals surface area contributed by atoms with Gasteiger partial charge in [-0.2, -0.15) is 0 Å². The Kier molecular flexibility index (Phi) is 3.95. The van der Waals surface area contributed by atoms with Gasteiger partial charge in [0.2, 0.25) is 5.91 Å². The van der Waals surface area contributed by atoms with E-state index in [1.165, 1.54) is 0 Å². The van der Waals surface area contributed by atoms with Crippen molar-refractivity contribution in [3.63, 3.8) is 0 Å². The molecule has 1 aliphatic heterocycles. The lowest BCUT2D eigenvalue weighted by Gasteiger charge is -2.26. The van der Waals surface area contributed by atoms with Gasteiger partial charge in [0.15, 0.2) is 0 Å². The number of rotatable bonds is 5. The lowest BCUT2D eigenvalue weighted by atomic mass is 10.2. The summed E-state index contributed by atoms with van der Waals surface area (Å²) in [5, 5.41) is 5.83. The number of para-hydroxylation sites is 2. The zero-order valence-corrected chi connectivity index (χ0v) is 9.73. The Morgan fingerprint density at radius 1 is 1.47 bits per heavy atom. The maximum absolute atomic E-state index is 11.6. The van der Waals surface area contributed by atoms with Crippen molar-refractivity contribution < 1.29 is 14.3 Å².